The van der Waals surface area contributed by atoms with Gasteiger partial charge in [-0.25, -0.2) is 9.59 Å². The van der Waals surface area contributed by atoms with Gasteiger partial charge >= 0.3 is 12.0 Å². The van der Waals surface area contributed by atoms with Crippen LogP contribution in [0.4, 0.5) is 4.79 Å². The van der Waals surface area contributed by atoms with Gasteiger partial charge < -0.3 is 21.1 Å². The lowest BCUT2D eigenvalue weighted by atomic mass is 10.1. The van der Waals surface area contributed by atoms with Crippen LogP contribution < -0.4 is 11.1 Å². The molecule has 0 aliphatic heterocycles. The predicted octanol–water partition coefficient (Wildman–Crippen LogP) is 0.393. The van der Waals surface area contributed by atoms with Crippen LogP contribution in [0.3, 0.4) is 0 Å². The summed E-state index contributed by atoms with van der Waals surface area (Å²) >= 11 is 0. The first kappa shape index (κ1) is 17.2. The number of hydrogen-bond donors (Lipinski definition) is 3. The minimum absolute atomic E-state index is 0.324. The number of carbonyl (C=O) groups is 3. The molecule has 0 heterocycles. The summed E-state index contributed by atoms with van der Waals surface area (Å²) in [4.78, 5) is 35.1. The second-order valence-electron chi connectivity index (χ2n) is 4.56. The molecule has 7 heteroatoms. The monoisotopic (exact) mass is 273 g/mol. The van der Waals surface area contributed by atoms with E-state index in [-0.39, 0.29) is 0 Å². The highest BCUT2D eigenvalue weighted by atomic mass is 16.4. The maximum Gasteiger partial charge on any atom is 0.326 e. The fraction of sp³-hybridized carbons (Fsp3) is 0.750. The van der Waals surface area contributed by atoms with Crippen molar-refractivity contribution < 1.29 is 19.5 Å². The molecule has 0 saturated heterocycles. The molecule has 0 radical (unpaired) electrons. The first-order valence-corrected chi connectivity index (χ1v) is 6.38. The van der Waals surface area contributed by atoms with Crippen LogP contribution in [0, 0.1) is 5.92 Å². The number of carbonyl (C=O) groups excluding carboxylic acids is 2. The van der Waals surface area contributed by atoms with Gasteiger partial charge in [0.2, 0.25) is 5.91 Å². The van der Waals surface area contributed by atoms with Crippen LogP contribution in [0.25, 0.3) is 0 Å². The Morgan fingerprint density at radius 2 is 1.89 bits per heavy atom. The fourth-order valence-electron chi connectivity index (χ4n) is 1.50. The van der Waals surface area contributed by atoms with Crippen molar-refractivity contribution in [2.75, 3.05) is 13.1 Å². The average molecular weight is 273 g/mol. The molecule has 0 spiro atoms. The van der Waals surface area contributed by atoms with E-state index in [1.54, 1.807) is 0 Å². The molecular formula is C12H23N3O4. The first-order chi connectivity index (χ1) is 8.81. The summed E-state index contributed by atoms with van der Waals surface area (Å²) in [6.07, 6.45) is 0.509. The fourth-order valence-corrected chi connectivity index (χ4v) is 1.50. The predicted molar refractivity (Wildman–Crippen MR) is 70.5 cm³/mol. The van der Waals surface area contributed by atoms with E-state index in [0.717, 1.165) is 6.42 Å². The van der Waals surface area contributed by atoms with Gasteiger partial charge in [0.1, 0.15) is 6.04 Å². The third-order valence-corrected chi connectivity index (χ3v) is 2.90. The molecule has 1 unspecified atom stereocenters. The molecular weight excluding hydrogens is 250 g/mol. The quantitative estimate of drug-likeness (QED) is 0.593. The van der Waals surface area contributed by atoms with E-state index >= 15 is 0 Å². The minimum Gasteiger partial charge on any atom is -0.480 e. The molecule has 0 aliphatic carbocycles. The second-order valence-corrected chi connectivity index (χ2v) is 4.56. The van der Waals surface area contributed by atoms with E-state index in [2.05, 4.69) is 5.32 Å². The number of hydrogen-bond acceptors (Lipinski definition) is 3. The number of carboxylic acids is 1. The van der Waals surface area contributed by atoms with Crippen molar-refractivity contribution in [3.05, 3.63) is 0 Å². The number of amides is 3. The molecule has 19 heavy (non-hydrogen) atoms. The topological polar surface area (TPSA) is 113 Å². The molecule has 110 valence electrons. The summed E-state index contributed by atoms with van der Waals surface area (Å²) in [7, 11) is 0. The Labute approximate surface area is 113 Å². The summed E-state index contributed by atoms with van der Waals surface area (Å²) < 4.78 is 0. The summed E-state index contributed by atoms with van der Waals surface area (Å²) in [5.41, 5.74) is 4.95. The van der Waals surface area contributed by atoms with Crippen molar-refractivity contribution in [3.8, 4) is 0 Å². The normalized spacial score (nSPS) is 13.4. The standard InChI is InChI=1S/C12H23N3O4/c1-4-8(3)7-15(5-2)12(19)14-9(11(17)18)6-10(13)16/h8-9H,4-7H2,1-3H3,(H2,13,16)(H,14,19)(H,17,18)/t8?,9-/m0/s1. The van der Waals surface area contributed by atoms with Crippen molar-refractivity contribution in [1.82, 2.24) is 10.2 Å². The van der Waals surface area contributed by atoms with Crippen LogP contribution in [-0.2, 0) is 9.59 Å². The Morgan fingerprint density at radius 1 is 1.32 bits per heavy atom. The molecule has 0 rings (SSSR count). The zero-order chi connectivity index (χ0) is 15.0. The molecule has 0 aromatic carbocycles. The van der Waals surface area contributed by atoms with Crippen LogP contribution in [0.15, 0.2) is 0 Å². The molecule has 0 fully saturated rings. The van der Waals surface area contributed by atoms with Crippen LogP contribution in [-0.4, -0.2) is 47.0 Å². The van der Waals surface area contributed by atoms with Crippen LogP contribution in [0.2, 0.25) is 0 Å². The highest BCUT2D eigenvalue weighted by Gasteiger charge is 2.24. The third-order valence-electron chi connectivity index (χ3n) is 2.90. The van der Waals surface area contributed by atoms with Gasteiger partial charge in [0.25, 0.3) is 0 Å². The summed E-state index contributed by atoms with van der Waals surface area (Å²) in [6.45, 7) is 6.85. The first-order valence-electron chi connectivity index (χ1n) is 6.38. The molecule has 2 atom stereocenters. The van der Waals surface area contributed by atoms with Gasteiger partial charge in [-0.1, -0.05) is 20.3 Å². The van der Waals surface area contributed by atoms with Crippen molar-refractivity contribution >= 4 is 17.9 Å². The van der Waals surface area contributed by atoms with E-state index in [0.29, 0.717) is 19.0 Å². The van der Waals surface area contributed by atoms with E-state index in [9.17, 15) is 14.4 Å². The van der Waals surface area contributed by atoms with Crippen molar-refractivity contribution in [2.45, 2.75) is 39.7 Å². The molecule has 3 amide bonds. The lowest BCUT2D eigenvalue weighted by Crippen LogP contribution is -2.50. The number of nitrogens with two attached hydrogens (primary N) is 1. The molecule has 0 bridgehead atoms. The van der Waals surface area contributed by atoms with E-state index < -0.39 is 30.4 Å². The number of rotatable bonds is 8. The van der Waals surface area contributed by atoms with Crippen LogP contribution in [0.5, 0.6) is 0 Å². The molecule has 7 nitrogen and oxygen atoms in total. The zero-order valence-corrected chi connectivity index (χ0v) is 11.7. The van der Waals surface area contributed by atoms with Crippen molar-refractivity contribution in [3.63, 3.8) is 0 Å². The van der Waals surface area contributed by atoms with Gasteiger partial charge in [-0.3, -0.25) is 4.79 Å². The number of carboxylic acid groups (broad SMARTS) is 1. The minimum atomic E-state index is -1.28. The summed E-state index contributed by atoms with van der Waals surface area (Å²) in [5.74, 6) is -1.71. The second kappa shape index (κ2) is 8.34. The van der Waals surface area contributed by atoms with Crippen LogP contribution >= 0.6 is 0 Å². The molecule has 4 N–H and O–H groups in total. The Bertz CT molecular complexity index is 333. The van der Waals surface area contributed by atoms with Crippen molar-refractivity contribution in [2.24, 2.45) is 11.7 Å². The number of nitrogens with one attached hydrogen (secondary N) is 1. The highest BCUT2D eigenvalue weighted by Crippen LogP contribution is 2.05. The maximum atomic E-state index is 11.9. The molecule has 0 aliphatic rings. The maximum absolute atomic E-state index is 11.9. The Balaban J connectivity index is 4.59. The number of primary amides is 1. The Kier molecular flexibility index (Phi) is 7.55. The van der Waals surface area contributed by atoms with Gasteiger partial charge in [0.05, 0.1) is 6.42 Å². The molecule has 0 aromatic heterocycles. The Morgan fingerprint density at radius 3 is 2.26 bits per heavy atom. The lowest BCUT2D eigenvalue weighted by Gasteiger charge is -2.26. The smallest absolute Gasteiger partial charge is 0.326 e. The Hall–Kier alpha value is -1.79. The van der Waals surface area contributed by atoms with Crippen molar-refractivity contribution in [1.29, 1.82) is 0 Å². The largest absolute Gasteiger partial charge is 0.480 e. The number of nitrogens with zero attached hydrogens (tertiary/aromatic N) is 1. The molecule has 0 aromatic rings. The van der Waals surface area contributed by atoms with E-state index in [1.165, 1.54) is 4.90 Å². The third kappa shape index (κ3) is 6.64. The van der Waals surface area contributed by atoms with Gasteiger partial charge in [-0.2, -0.15) is 0 Å². The number of urea groups is 1. The number of aliphatic carboxylic acids is 1. The zero-order valence-electron chi connectivity index (χ0n) is 11.7. The van der Waals surface area contributed by atoms with Gasteiger partial charge in [-0.05, 0) is 12.8 Å². The average Bonchev–Trinajstić information content (AvgIpc) is 2.33. The highest BCUT2D eigenvalue weighted by molar-refractivity contribution is 5.87. The summed E-state index contributed by atoms with van der Waals surface area (Å²) in [6, 6.07) is -1.77. The van der Waals surface area contributed by atoms with E-state index in [4.69, 9.17) is 10.8 Å². The van der Waals surface area contributed by atoms with E-state index in [1.807, 2.05) is 20.8 Å². The van der Waals surface area contributed by atoms with Gasteiger partial charge in [0.15, 0.2) is 0 Å². The van der Waals surface area contributed by atoms with Gasteiger partial charge in [-0.15, -0.1) is 0 Å². The SMILES string of the molecule is CCC(C)CN(CC)C(=O)N[C@@H](CC(N)=O)C(=O)O. The molecule has 0 saturated carbocycles. The van der Waals surface area contributed by atoms with Gasteiger partial charge in [0, 0.05) is 13.1 Å². The summed E-state index contributed by atoms with van der Waals surface area (Å²) in [5, 5.41) is 11.2. The lowest BCUT2D eigenvalue weighted by molar-refractivity contribution is -0.140. The van der Waals surface area contributed by atoms with Crippen LogP contribution in [0.1, 0.15) is 33.6 Å².